The van der Waals surface area contributed by atoms with Crippen LogP contribution in [0.3, 0.4) is 0 Å². The number of fused-ring (bicyclic) bond motifs is 2. The topological polar surface area (TPSA) is 38.3 Å². The van der Waals surface area contributed by atoms with Crippen LogP contribution in [0.4, 0.5) is 0 Å². The van der Waals surface area contributed by atoms with E-state index in [-0.39, 0.29) is 12.1 Å². The Kier molecular flexibility index (Phi) is 4.11. The molecule has 2 bridgehead atoms. The zero-order chi connectivity index (χ0) is 13.2. The number of hydrogen-bond acceptors (Lipinski definition) is 3. The lowest BCUT2D eigenvalue weighted by atomic mass is 9.88. The fraction of sp³-hybridized carbons (Fsp3) is 0.938. The van der Waals surface area contributed by atoms with E-state index < -0.39 is 0 Å². The fourth-order valence-electron chi connectivity index (χ4n) is 4.30. The van der Waals surface area contributed by atoms with E-state index in [4.69, 9.17) is 4.74 Å². The molecule has 1 aliphatic carbocycles. The molecule has 1 saturated carbocycles. The van der Waals surface area contributed by atoms with Gasteiger partial charge in [0.05, 0.1) is 0 Å². The van der Waals surface area contributed by atoms with Gasteiger partial charge < -0.3 is 10.1 Å². The molecule has 19 heavy (non-hydrogen) atoms. The van der Waals surface area contributed by atoms with Gasteiger partial charge in [0, 0.05) is 18.5 Å². The van der Waals surface area contributed by atoms with Gasteiger partial charge >= 0.3 is 5.97 Å². The van der Waals surface area contributed by atoms with Crippen molar-refractivity contribution < 1.29 is 9.53 Å². The van der Waals surface area contributed by atoms with Crippen LogP contribution in [0.1, 0.15) is 64.7 Å². The molecule has 3 aliphatic rings. The quantitative estimate of drug-likeness (QED) is 0.797. The van der Waals surface area contributed by atoms with Gasteiger partial charge in [-0.25, -0.2) is 0 Å². The number of esters is 1. The number of carbonyl (C=O) groups is 1. The van der Waals surface area contributed by atoms with Crippen LogP contribution < -0.4 is 5.32 Å². The fourth-order valence-corrected chi connectivity index (χ4v) is 4.30. The normalized spacial score (nSPS) is 42.1. The smallest absolute Gasteiger partial charge is 0.306 e. The molecule has 0 spiro atoms. The van der Waals surface area contributed by atoms with E-state index in [2.05, 4.69) is 12.2 Å². The molecule has 108 valence electrons. The summed E-state index contributed by atoms with van der Waals surface area (Å²) in [5.74, 6) is 1.35. The van der Waals surface area contributed by atoms with E-state index in [1.54, 1.807) is 0 Å². The van der Waals surface area contributed by atoms with Crippen molar-refractivity contribution >= 4 is 5.97 Å². The monoisotopic (exact) mass is 265 g/mol. The lowest BCUT2D eigenvalue weighted by Gasteiger charge is -2.30. The van der Waals surface area contributed by atoms with Gasteiger partial charge in [0.25, 0.3) is 0 Å². The average molecular weight is 265 g/mol. The SMILES string of the molecule is CC1CCCC(OC(=O)CC2CC3CCC(C2)N3)C1. The van der Waals surface area contributed by atoms with Crippen molar-refractivity contribution in [3.63, 3.8) is 0 Å². The van der Waals surface area contributed by atoms with Crippen LogP contribution in [0, 0.1) is 11.8 Å². The zero-order valence-corrected chi connectivity index (χ0v) is 12.1. The van der Waals surface area contributed by atoms with Gasteiger partial charge in [-0.05, 0) is 56.8 Å². The second-order valence-electron chi connectivity index (χ2n) is 7.06. The summed E-state index contributed by atoms with van der Waals surface area (Å²) in [6.45, 7) is 2.27. The summed E-state index contributed by atoms with van der Waals surface area (Å²) in [4.78, 5) is 12.1. The maximum Gasteiger partial charge on any atom is 0.306 e. The van der Waals surface area contributed by atoms with Crippen molar-refractivity contribution in [2.24, 2.45) is 11.8 Å². The number of nitrogens with one attached hydrogen (secondary N) is 1. The van der Waals surface area contributed by atoms with E-state index >= 15 is 0 Å². The van der Waals surface area contributed by atoms with Crippen LogP contribution >= 0.6 is 0 Å². The van der Waals surface area contributed by atoms with E-state index in [0.717, 1.165) is 18.8 Å². The van der Waals surface area contributed by atoms with Crippen molar-refractivity contribution in [2.75, 3.05) is 0 Å². The summed E-state index contributed by atoms with van der Waals surface area (Å²) in [5, 5.41) is 3.63. The lowest BCUT2D eigenvalue weighted by molar-refractivity contribution is -0.152. The summed E-state index contributed by atoms with van der Waals surface area (Å²) >= 11 is 0. The Morgan fingerprint density at radius 1 is 1.11 bits per heavy atom. The maximum absolute atomic E-state index is 12.1. The van der Waals surface area contributed by atoms with E-state index in [1.165, 1.54) is 38.5 Å². The van der Waals surface area contributed by atoms with Crippen molar-refractivity contribution in [1.82, 2.24) is 5.32 Å². The summed E-state index contributed by atoms with van der Waals surface area (Å²) in [6, 6.07) is 1.34. The van der Waals surface area contributed by atoms with Crippen LogP contribution in [0.25, 0.3) is 0 Å². The Hall–Kier alpha value is -0.570. The Bertz CT molecular complexity index is 319. The van der Waals surface area contributed by atoms with Crippen molar-refractivity contribution in [3.8, 4) is 0 Å². The second-order valence-corrected chi connectivity index (χ2v) is 7.06. The molecular weight excluding hydrogens is 238 g/mol. The third-order valence-electron chi connectivity index (χ3n) is 5.21. The third-order valence-corrected chi connectivity index (χ3v) is 5.21. The minimum atomic E-state index is 0.0606. The Labute approximate surface area is 116 Å². The van der Waals surface area contributed by atoms with Crippen molar-refractivity contribution in [2.45, 2.75) is 82.9 Å². The number of hydrogen-bond donors (Lipinski definition) is 1. The summed E-state index contributed by atoms with van der Waals surface area (Å²) in [6.07, 6.45) is 10.5. The molecule has 0 aromatic carbocycles. The van der Waals surface area contributed by atoms with Crippen LogP contribution in [-0.2, 0) is 9.53 Å². The van der Waals surface area contributed by atoms with Crippen LogP contribution in [-0.4, -0.2) is 24.2 Å². The number of rotatable bonds is 3. The summed E-state index contributed by atoms with van der Waals surface area (Å²) < 4.78 is 5.70. The molecule has 4 unspecified atom stereocenters. The standard InChI is InChI=1S/C16H27NO2/c1-11-3-2-4-15(7-11)19-16(18)10-12-8-13-5-6-14(9-12)17-13/h11-15,17H,2-10H2,1H3. The summed E-state index contributed by atoms with van der Waals surface area (Å²) in [7, 11) is 0. The third kappa shape index (κ3) is 3.50. The van der Waals surface area contributed by atoms with Gasteiger partial charge in [-0.3, -0.25) is 4.79 Å². The molecule has 1 N–H and O–H groups in total. The van der Waals surface area contributed by atoms with Crippen molar-refractivity contribution in [1.29, 1.82) is 0 Å². The van der Waals surface area contributed by atoms with Crippen molar-refractivity contribution in [3.05, 3.63) is 0 Å². The predicted molar refractivity (Wildman–Crippen MR) is 74.8 cm³/mol. The maximum atomic E-state index is 12.1. The molecule has 3 rings (SSSR count). The number of ether oxygens (including phenoxy) is 1. The molecule has 0 radical (unpaired) electrons. The highest BCUT2D eigenvalue weighted by Gasteiger charge is 2.34. The largest absolute Gasteiger partial charge is 0.462 e. The molecule has 2 heterocycles. The highest BCUT2D eigenvalue weighted by Crippen LogP contribution is 2.33. The Morgan fingerprint density at radius 3 is 2.53 bits per heavy atom. The molecule has 0 aromatic heterocycles. The molecule has 2 saturated heterocycles. The van der Waals surface area contributed by atoms with Gasteiger partial charge in [-0.1, -0.05) is 13.3 Å². The van der Waals surface area contributed by atoms with Crippen LogP contribution in [0.2, 0.25) is 0 Å². The van der Waals surface area contributed by atoms with Gasteiger partial charge in [0.1, 0.15) is 6.10 Å². The van der Waals surface area contributed by atoms with E-state index in [9.17, 15) is 4.79 Å². The molecule has 4 atom stereocenters. The molecular formula is C16H27NO2. The van der Waals surface area contributed by atoms with E-state index in [1.807, 2.05) is 0 Å². The predicted octanol–water partition coefficient (Wildman–Crippen LogP) is 3.03. The van der Waals surface area contributed by atoms with Gasteiger partial charge in [-0.2, -0.15) is 0 Å². The first-order valence-electron chi connectivity index (χ1n) is 8.14. The first kappa shape index (κ1) is 13.4. The highest BCUT2D eigenvalue weighted by molar-refractivity contribution is 5.70. The lowest BCUT2D eigenvalue weighted by Crippen LogP contribution is -2.39. The van der Waals surface area contributed by atoms with Gasteiger partial charge in [0.15, 0.2) is 0 Å². The molecule has 2 aliphatic heterocycles. The summed E-state index contributed by atoms with van der Waals surface area (Å²) in [5.41, 5.74) is 0. The number of piperidine rings is 1. The first-order valence-corrected chi connectivity index (χ1v) is 8.14. The van der Waals surface area contributed by atoms with Gasteiger partial charge in [-0.15, -0.1) is 0 Å². The molecule has 3 fully saturated rings. The molecule has 3 heteroatoms. The zero-order valence-electron chi connectivity index (χ0n) is 12.1. The number of carbonyl (C=O) groups excluding carboxylic acids is 1. The van der Waals surface area contributed by atoms with Crippen LogP contribution in [0.15, 0.2) is 0 Å². The highest BCUT2D eigenvalue weighted by atomic mass is 16.5. The minimum Gasteiger partial charge on any atom is -0.462 e. The average Bonchev–Trinajstić information content (AvgIpc) is 2.68. The first-order chi connectivity index (χ1) is 9.19. The molecule has 3 nitrogen and oxygen atoms in total. The molecule has 0 aromatic rings. The van der Waals surface area contributed by atoms with Crippen LogP contribution in [0.5, 0.6) is 0 Å². The Morgan fingerprint density at radius 2 is 1.84 bits per heavy atom. The van der Waals surface area contributed by atoms with E-state index in [0.29, 0.717) is 24.4 Å². The van der Waals surface area contributed by atoms with Gasteiger partial charge in [0.2, 0.25) is 0 Å². The Balaban J connectivity index is 1.43. The minimum absolute atomic E-state index is 0.0606. The molecule has 0 amide bonds. The second kappa shape index (κ2) is 5.82.